The first-order valence-corrected chi connectivity index (χ1v) is 14.1. The Balaban J connectivity index is 1.58. The van der Waals surface area contributed by atoms with Crippen molar-refractivity contribution in [3.63, 3.8) is 0 Å². The van der Waals surface area contributed by atoms with Crippen LogP contribution in [-0.4, -0.2) is 75.4 Å². The molecule has 1 saturated heterocycles. The van der Waals surface area contributed by atoms with E-state index < -0.39 is 55.2 Å². The lowest BCUT2D eigenvalue weighted by Gasteiger charge is -2.38. The molecule has 1 aromatic rings. The average Bonchev–Trinajstić information content (AvgIpc) is 3.48. The van der Waals surface area contributed by atoms with Gasteiger partial charge in [-0.1, -0.05) is 0 Å². The molecule has 0 bridgehead atoms. The number of nitrogens with zero attached hydrogens (tertiary/aromatic N) is 3. The summed E-state index contributed by atoms with van der Waals surface area (Å²) in [4.78, 5) is 16.1. The second-order valence-corrected chi connectivity index (χ2v) is 12.7. The summed E-state index contributed by atoms with van der Waals surface area (Å²) in [5, 5.41) is 10.7. The van der Waals surface area contributed by atoms with Crippen molar-refractivity contribution >= 4 is 21.4 Å². The van der Waals surface area contributed by atoms with Crippen LogP contribution in [0.2, 0.25) is 0 Å². The highest BCUT2D eigenvalue weighted by Crippen LogP contribution is 2.43. The van der Waals surface area contributed by atoms with Crippen LogP contribution in [0.25, 0.3) is 0 Å². The standard InChI is InChI=1S/C25H33F3N4O4S/c1-16(2)31-8-10-32(11-9-31)17-4-5-22(20(12-17)25(26,27)28)37(34,35)18-13-19(21(14-18)36-3)23(33)30-24(15-29)6-7-24/h4-5,12,16,18-19,21H,6-11,13-14H2,1-3H3,(H,30,33)/t18-,19-,21-/m0/s1. The van der Waals surface area contributed by atoms with Crippen LogP contribution in [0, 0.1) is 17.2 Å². The van der Waals surface area contributed by atoms with Crippen LogP contribution >= 0.6 is 0 Å². The van der Waals surface area contributed by atoms with Crippen molar-refractivity contribution in [1.82, 2.24) is 10.2 Å². The Morgan fingerprint density at radius 1 is 1.19 bits per heavy atom. The number of alkyl halides is 3. The molecule has 12 heteroatoms. The van der Waals surface area contributed by atoms with Crippen LogP contribution in [-0.2, 0) is 25.5 Å². The van der Waals surface area contributed by atoms with Crippen molar-refractivity contribution in [1.29, 1.82) is 5.26 Å². The monoisotopic (exact) mass is 542 g/mol. The van der Waals surface area contributed by atoms with E-state index in [0.717, 1.165) is 12.1 Å². The number of amides is 1. The first-order chi connectivity index (χ1) is 17.3. The third-order valence-corrected chi connectivity index (χ3v) is 10.1. The zero-order valence-corrected chi connectivity index (χ0v) is 22.0. The van der Waals surface area contributed by atoms with Gasteiger partial charge in [0, 0.05) is 45.0 Å². The largest absolute Gasteiger partial charge is 0.417 e. The summed E-state index contributed by atoms with van der Waals surface area (Å²) in [5.74, 6) is -1.38. The molecule has 4 rings (SSSR count). The van der Waals surface area contributed by atoms with E-state index in [4.69, 9.17) is 4.74 Å². The number of piperazine rings is 1. The summed E-state index contributed by atoms with van der Waals surface area (Å²) in [6.45, 7) is 6.62. The molecule has 8 nitrogen and oxygen atoms in total. The maximum absolute atomic E-state index is 14.1. The molecular formula is C25H33F3N4O4S. The van der Waals surface area contributed by atoms with Gasteiger partial charge in [0.25, 0.3) is 0 Å². The van der Waals surface area contributed by atoms with Gasteiger partial charge in [0.2, 0.25) is 5.91 Å². The van der Waals surface area contributed by atoms with Crippen LogP contribution in [0.3, 0.4) is 0 Å². The number of methoxy groups -OCH3 is 1. The number of ether oxygens (including phenoxy) is 1. The fourth-order valence-electron chi connectivity index (χ4n) is 5.32. The van der Waals surface area contributed by atoms with Gasteiger partial charge in [0.1, 0.15) is 5.54 Å². The Kier molecular flexibility index (Phi) is 7.53. The summed E-state index contributed by atoms with van der Waals surface area (Å²) < 4.78 is 74.9. The number of hydrogen-bond donors (Lipinski definition) is 1. The molecule has 0 aromatic heterocycles. The van der Waals surface area contributed by atoms with Gasteiger partial charge in [-0.05, 0) is 57.7 Å². The quantitative estimate of drug-likeness (QED) is 0.565. The van der Waals surface area contributed by atoms with E-state index in [2.05, 4.69) is 24.1 Å². The first-order valence-electron chi connectivity index (χ1n) is 12.5. The molecule has 0 spiro atoms. The minimum absolute atomic E-state index is 0.104. The number of nitrogens with one attached hydrogen (secondary N) is 1. The van der Waals surface area contributed by atoms with Gasteiger partial charge in [-0.25, -0.2) is 8.42 Å². The molecule has 1 aromatic carbocycles. The predicted octanol–water partition coefficient (Wildman–Crippen LogP) is 2.98. The minimum atomic E-state index is -4.88. The molecule has 0 unspecified atom stereocenters. The minimum Gasteiger partial charge on any atom is -0.381 e. The molecule has 37 heavy (non-hydrogen) atoms. The third-order valence-electron chi connectivity index (χ3n) is 7.85. The Morgan fingerprint density at radius 2 is 1.84 bits per heavy atom. The Bertz CT molecular complexity index is 1170. The van der Waals surface area contributed by atoms with E-state index in [0.29, 0.717) is 50.7 Å². The number of benzene rings is 1. The van der Waals surface area contributed by atoms with Crippen molar-refractivity contribution < 1.29 is 31.1 Å². The molecule has 204 valence electrons. The summed E-state index contributed by atoms with van der Waals surface area (Å²) in [7, 11) is -3.10. The fraction of sp³-hybridized carbons (Fsp3) is 0.680. The molecule has 0 radical (unpaired) electrons. The number of sulfone groups is 1. The zero-order chi connectivity index (χ0) is 27.2. The molecule has 1 N–H and O–H groups in total. The van der Waals surface area contributed by atoms with Gasteiger partial charge >= 0.3 is 6.18 Å². The van der Waals surface area contributed by atoms with Crippen LogP contribution in [0.1, 0.15) is 45.1 Å². The highest BCUT2D eigenvalue weighted by Gasteiger charge is 2.51. The zero-order valence-electron chi connectivity index (χ0n) is 21.2. The third kappa shape index (κ3) is 5.59. The number of hydrogen-bond acceptors (Lipinski definition) is 7. The molecule has 1 aliphatic heterocycles. The topological polar surface area (TPSA) is 103 Å². The lowest BCUT2D eigenvalue weighted by atomic mass is 10.0. The first kappa shape index (κ1) is 27.7. The molecule has 3 fully saturated rings. The van der Waals surface area contributed by atoms with E-state index in [1.54, 1.807) is 0 Å². The number of rotatable bonds is 7. The maximum Gasteiger partial charge on any atom is 0.417 e. The SMILES string of the molecule is CO[C@H]1C[C@@H](S(=O)(=O)c2ccc(N3CCN(C(C)C)CC3)cc2C(F)(F)F)C[C@@H]1C(=O)NC1(C#N)CC1. The van der Waals surface area contributed by atoms with E-state index in [1.807, 2.05) is 11.0 Å². The van der Waals surface area contributed by atoms with Crippen LogP contribution < -0.4 is 10.2 Å². The Hall–Kier alpha value is -2.36. The molecule has 2 aliphatic carbocycles. The summed E-state index contributed by atoms with van der Waals surface area (Å²) in [5.41, 5.74) is -1.80. The van der Waals surface area contributed by atoms with Crippen molar-refractivity contribution in [3.05, 3.63) is 23.8 Å². The lowest BCUT2D eigenvalue weighted by molar-refractivity contribution is -0.139. The average molecular weight is 543 g/mol. The highest BCUT2D eigenvalue weighted by atomic mass is 32.2. The maximum atomic E-state index is 14.1. The number of halogens is 3. The van der Waals surface area contributed by atoms with E-state index in [9.17, 15) is 31.6 Å². The molecule has 1 heterocycles. The van der Waals surface area contributed by atoms with Crippen molar-refractivity contribution in [2.75, 3.05) is 38.2 Å². The van der Waals surface area contributed by atoms with Crippen LogP contribution in [0.5, 0.6) is 0 Å². The smallest absolute Gasteiger partial charge is 0.381 e. The van der Waals surface area contributed by atoms with E-state index in [-0.39, 0.29) is 12.8 Å². The van der Waals surface area contributed by atoms with Crippen molar-refractivity contribution in [3.8, 4) is 6.07 Å². The second kappa shape index (κ2) is 10.1. The highest BCUT2D eigenvalue weighted by molar-refractivity contribution is 7.92. The Morgan fingerprint density at radius 3 is 2.35 bits per heavy atom. The molecule has 1 amide bonds. The van der Waals surface area contributed by atoms with E-state index in [1.165, 1.54) is 13.2 Å². The number of carbonyl (C=O) groups excluding carboxylic acids is 1. The van der Waals surface area contributed by atoms with Crippen LogP contribution in [0.15, 0.2) is 23.1 Å². The van der Waals surface area contributed by atoms with Gasteiger partial charge in [0.15, 0.2) is 9.84 Å². The van der Waals surface area contributed by atoms with Crippen molar-refractivity contribution in [2.24, 2.45) is 5.92 Å². The summed E-state index contributed by atoms with van der Waals surface area (Å²) in [6, 6.07) is 5.79. The number of anilines is 1. The Labute approximate surface area is 215 Å². The van der Waals surface area contributed by atoms with Gasteiger partial charge in [0.05, 0.1) is 33.8 Å². The predicted molar refractivity (Wildman–Crippen MR) is 131 cm³/mol. The van der Waals surface area contributed by atoms with Gasteiger partial charge in [-0.3, -0.25) is 9.69 Å². The van der Waals surface area contributed by atoms with Crippen molar-refractivity contribution in [2.45, 2.75) is 73.5 Å². The summed E-state index contributed by atoms with van der Waals surface area (Å²) in [6.07, 6.45) is -4.92. The van der Waals surface area contributed by atoms with E-state index >= 15 is 0 Å². The normalized spacial score (nSPS) is 26.2. The summed E-state index contributed by atoms with van der Waals surface area (Å²) >= 11 is 0. The van der Waals surface area contributed by atoms with Crippen LogP contribution in [0.4, 0.5) is 18.9 Å². The molecule has 3 atom stereocenters. The van der Waals surface area contributed by atoms with Gasteiger partial charge in [-0.15, -0.1) is 0 Å². The molecule has 2 saturated carbocycles. The second-order valence-electron chi connectivity index (χ2n) is 10.5. The molecule has 3 aliphatic rings. The van der Waals surface area contributed by atoms with Gasteiger partial charge in [-0.2, -0.15) is 18.4 Å². The lowest BCUT2D eigenvalue weighted by Crippen LogP contribution is -2.49. The number of carbonyl (C=O) groups is 1. The molecular weight excluding hydrogens is 509 g/mol. The van der Waals surface area contributed by atoms with Gasteiger partial charge < -0.3 is 15.0 Å². The number of nitriles is 1. The fourth-order valence-corrected chi connectivity index (χ4v) is 7.32.